The van der Waals surface area contributed by atoms with Gasteiger partial charge in [0, 0.05) is 23.7 Å². The summed E-state index contributed by atoms with van der Waals surface area (Å²) in [6.07, 6.45) is 0.851. The molecule has 2 rings (SSSR count). The van der Waals surface area contributed by atoms with Gasteiger partial charge in [0.15, 0.2) is 0 Å². The van der Waals surface area contributed by atoms with Crippen molar-refractivity contribution in [3.8, 4) is 11.5 Å². The smallest absolute Gasteiger partial charge is 0.226 e. The Bertz CT molecular complexity index is 785. The van der Waals surface area contributed by atoms with Crippen LogP contribution in [0.1, 0.15) is 25.8 Å². The van der Waals surface area contributed by atoms with Gasteiger partial charge < -0.3 is 20.1 Å². The third-order valence-corrected chi connectivity index (χ3v) is 4.07. The van der Waals surface area contributed by atoms with Crippen molar-refractivity contribution in [3.05, 3.63) is 48.0 Å². The van der Waals surface area contributed by atoms with Crippen molar-refractivity contribution in [2.75, 3.05) is 24.9 Å². The molecule has 2 aromatic rings. The maximum Gasteiger partial charge on any atom is 0.226 e. The summed E-state index contributed by atoms with van der Waals surface area (Å²) in [4.78, 5) is 23.9. The first-order valence-electron chi connectivity index (χ1n) is 8.84. The fourth-order valence-electron chi connectivity index (χ4n) is 2.47. The van der Waals surface area contributed by atoms with Gasteiger partial charge in [-0.25, -0.2) is 0 Å². The minimum atomic E-state index is -0.0983. The molecular weight excluding hydrogens is 344 g/mol. The average Bonchev–Trinajstić information content (AvgIpc) is 2.67. The minimum Gasteiger partial charge on any atom is -0.497 e. The van der Waals surface area contributed by atoms with E-state index in [9.17, 15) is 9.59 Å². The Kier molecular flexibility index (Phi) is 7.23. The molecule has 6 heteroatoms. The van der Waals surface area contributed by atoms with Crippen LogP contribution >= 0.6 is 0 Å². The second kappa shape index (κ2) is 9.62. The van der Waals surface area contributed by atoms with Crippen LogP contribution in [0.5, 0.6) is 11.5 Å². The summed E-state index contributed by atoms with van der Waals surface area (Å²) in [5.41, 5.74) is 2.30. The largest absolute Gasteiger partial charge is 0.497 e. The van der Waals surface area contributed by atoms with Crippen LogP contribution in [0.15, 0.2) is 42.5 Å². The van der Waals surface area contributed by atoms with E-state index in [0.717, 1.165) is 17.1 Å². The lowest BCUT2D eigenvalue weighted by molar-refractivity contribution is -0.119. The summed E-state index contributed by atoms with van der Waals surface area (Å²) >= 11 is 0. The van der Waals surface area contributed by atoms with Crippen LogP contribution in [0.2, 0.25) is 0 Å². The summed E-state index contributed by atoms with van der Waals surface area (Å²) in [7, 11) is 3.20. The molecule has 144 valence electrons. The molecule has 0 fully saturated rings. The number of amides is 2. The highest BCUT2D eigenvalue weighted by Crippen LogP contribution is 2.25. The number of carbonyl (C=O) groups excluding carboxylic acids is 2. The van der Waals surface area contributed by atoms with Crippen LogP contribution in [0.4, 0.5) is 11.4 Å². The average molecular weight is 370 g/mol. The van der Waals surface area contributed by atoms with E-state index < -0.39 is 0 Å². The molecule has 0 unspecified atom stereocenters. The SMILES string of the molecule is COc1ccc(OC)c(CCC(=O)Nc2ccc(NC(=O)C(C)C)cc2)c1. The molecule has 0 atom stereocenters. The first kappa shape index (κ1) is 20.3. The van der Waals surface area contributed by atoms with E-state index in [-0.39, 0.29) is 17.7 Å². The number of hydrogen-bond donors (Lipinski definition) is 2. The Labute approximate surface area is 159 Å². The van der Waals surface area contributed by atoms with Gasteiger partial charge >= 0.3 is 0 Å². The van der Waals surface area contributed by atoms with Gasteiger partial charge in [-0.3, -0.25) is 9.59 Å². The molecule has 0 saturated heterocycles. The molecule has 6 nitrogen and oxygen atoms in total. The van der Waals surface area contributed by atoms with E-state index in [1.54, 1.807) is 38.5 Å². The number of rotatable bonds is 8. The maximum atomic E-state index is 12.2. The molecule has 0 aliphatic rings. The van der Waals surface area contributed by atoms with E-state index in [0.29, 0.717) is 24.2 Å². The normalized spacial score (nSPS) is 10.4. The predicted octanol–water partition coefficient (Wildman–Crippen LogP) is 3.87. The first-order valence-corrected chi connectivity index (χ1v) is 8.84. The van der Waals surface area contributed by atoms with Gasteiger partial charge in [0.25, 0.3) is 0 Å². The zero-order valence-electron chi connectivity index (χ0n) is 16.2. The summed E-state index contributed by atoms with van der Waals surface area (Å²) in [6.45, 7) is 3.67. The number of ether oxygens (including phenoxy) is 2. The highest BCUT2D eigenvalue weighted by molar-refractivity contribution is 5.93. The summed E-state index contributed by atoms with van der Waals surface area (Å²) in [5, 5.41) is 5.67. The zero-order chi connectivity index (χ0) is 19.8. The number of nitrogens with one attached hydrogen (secondary N) is 2. The molecule has 2 aromatic carbocycles. The second-order valence-corrected chi connectivity index (χ2v) is 6.45. The van der Waals surface area contributed by atoms with Gasteiger partial charge in [-0.05, 0) is 54.4 Å². The molecule has 0 aliphatic heterocycles. The Morgan fingerprint density at radius 2 is 1.56 bits per heavy atom. The van der Waals surface area contributed by atoms with Crippen molar-refractivity contribution in [2.45, 2.75) is 26.7 Å². The molecule has 0 aromatic heterocycles. The Hall–Kier alpha value is -3.02. The maximum absolute atomic E-state index is 12.2. The van der Waals surface area contributed by atoms with Crippen LogP contribution in [-0.4, -0.2) is 26.0 Å². The highest BCUT2D eigenvalue weighted by Gasteiger charge is 2.10. The summed E-state index contributed by atoms with van der Waals surface area (Å²) in [5.74, 6) is 1.23. The van der Waals surface area contributed by atoms with Gasteiger partial charge in [-0.1, -0.05) is 13.8 Å². The number of methoxy groups -OCH3 is 2. The molecule has 2 N–H and O–H groups in total. The van der Waals surface area contributed by atoms with Crippen LogP contribution in [0.3, 0.4) is 0 Å². The number of anilines is 2. The van der Waals surface area contributed by atoms with Crippen LogP contribution in [0, 0.1) is 5.92 Å². The van der Waals surface area contributed by atoms with Gasteiger partial charge in [0.05, 0.1) is 14.2 Å². The lowest BCUT2D eigenvalue weighted by Crippen LogP contribution is -2.17. The molecule has 0 radical (unpaired) electrons. The van der Waals surface area contributed by atoms with Crippen molar-refractivity contribution in [1.29, 1.82) is 0 Å². The van der Waals surface area contributed by atoms with E-state index in [4.69, 9.17) is 9.47 Å². The molecule has 0 aliphatic carbocycles. The third-order valence-electron chi connectivity index (χ3n) is 4.07. The Morgan fingerprint density at radius 3 is 2.11 bits per heavy atom. The summed E-state index contributed by atoms with van der Waals surface area (Å²) < 4.78 is 10.6. The van der Waals surface area contributed by atoms with Gasteiger partial charge in [0.1, 0.15) is 11.5 Å². The number of aryl methyl sites for hydroxylation is 1. The standard InChI is InChI=1S/C21H26N2O4/c1-14(2)21(25)23-17-8-6-16(7-9-17)22-20(24)12-5-15-13-18(26-3)10-11-19(15)27-4/h6-11,13-14H,5,12H2,1-4H3,(H,22,24)(H,23,25). The minimum absolute atomic E-state index is 0.0426. The molecule has 27 heavy (non-hydrogen) atoms. The number of benzene rings is 2. The van der Waals surface area contributed by atoms with Crippen molar-refractivity contribution >= 4 is 23.2 Å². The Morgan fingerprint density at radius 1 is 0.926 bits per heavy atom. The fourth-order valence-corrected chi connectivity index (χ4v) is 2.47. The van der Waals surface area contributed by atoms with Crippen LogP contribution in [0.25, 0.3) is 0 Å². The fraction of sp³-hybridized carbons (Fsp3) is 0.333. The zero-order valence-corrected chi connectivity index (χ0v) is 16.2. The molecule has 0 heterocycles. The quantitative estimate of drug-likeness (QED) is 0.739. The monoisotopic (exact) mass is 370 g/mol. The first-order chi connectivity index (χ1) is 12.9. The van der Waals surface area contributed by atoms with E-state index >= 15 is 0 Å². The number of carbonyl (C=O) groups is 2. The molecule has 0 bridgehead atoms. The van der Waals surface area contributed by atoms with Crippen molar-refractivity contribution in [1.82, 2.24) is 0 Å². The van der Waals surface area contributed by atoms with Crippen molar-refractivity contribution in [3.63, 3.8) is 0 Å². The van der Waals surface area contributed by atoms with Crippen molar-refractivity contribution in [2.24, 2.45) is 5.92 Å². The Balaban J connectivity index is 1.91. The van der Waals surface area contributed by atoms with Crippen LogP contribution < -0.4 is 20.1 Å². The van der Waals surface area contributed by atoms with E-state index in [1.807, 2.05) is 32.0 Å². The van der Waals surface area contributed by atoms with Crippen molar-refractivity contribution < 1.29 is 19.1 Å². The molecular formula is C21H26N2O4. The van der Waals surface area contributed by atoms with Crippen LogP contribution in [-0.2, 0) is 16.0 Å². The third kappa shape index (κ3) is 6.02. The van der Waals surface area contributed by atoms with Gasteiger partial charge in [-0.15, -0.1) is 0 Å². The van der Waals surface area contributed by atoms with E-state index in [1.165, 1.54) is 0 Å². The topological polar surface area (TPSA) is 76.7 Å². The molecule has 0 spiro atoms. The molecule has 2 amide bonds. The highest BCUT2D eigenvalue weighted by atomic mass is 16.5. The van der Waals surface area contributed by atoms with E-state index in [2.05, 4.69) is 10.6 Å². The lowest BCUT2D eigenvalue weighted by atomic mass is 10.1. The van der Waals surface area contributed by atoms with Gasteiger partial charge in [0.2, 0.25) is 11.8 Å². The number of hydrogen-bond acceptors (Lipinski definition) is 4. The summed E-state index contributed by atoms with van der Waals surface area (Å²) in [6, 6.07) is 12.6. The predicted molar refractivity (Wildman–Crippen MR) is 106 cm³/mol. The molecule has 0 saturated carbocycles. The second-order valence-electron chi connectivity index (χ2n) is 6.45. The van der Waals surface area contributed by atoms with Gasteiger partial charge in [-0.2, -0.15) is 0 Å². The lowest BCUT2D eigenvalue weighted by Gasteiger charge is -2.11.